The van der Waals surface area contributed by atoms with Crippen LogP contribution in [0.2, 0.25) is 5.15 Å². The molecule has 2 aromatic heterocycles. The minimum atomic E-state index is -4.58. The number of halogens is 4. The summed E-state index contributed by atoms with van der Waals surface area (Å²) in [5.74, 6) is -0.440. The molecular formula is C19H16ClF3N2O4S. The van der Waals surface area contributed by atoms with Crippen LogP contribution in [0.3, 0.4) is 0 Å². The Kier molecular flexibility index (Phi) is 6.09. The zero-order valence-electron chi connectivity index (χ0n) is 15.6. The minimum absolute atomic E-state index is 0.0759. The summed E-state index contributed by atoms with van der Waals surface area (Å²) in [6, 6.07) is 7.66. The molecule has 0 bridgehead atoms. The number of esters is 1. The second-order valence-electron chi connectivity index (χ2n) is 6.40. The van der Waals surface area contributed by atoms with E-state index >= 15 is 0 Å². The molecule has 160 valence electrons. The predicted octanol–water partition coefficient (Wildman–Crippen LogP) is 4.44. The van der Waals surface area contributed by atoms with Crippen molar-refractivity contribution in [2.24, 2.45) is 0 Å². The Balaban J connectivity index is 2.07. The maximum Gasteiger partial charge on any atom is 0.416 e. The third-order valence-electron chi connectivity index (χ3n) is 4.41. The van der Waals surface area contributed by atoms with Gasteiger partial charge in [0.2, 0.25) is 0 Å². The van der Waals surface area contributed by atoms with Gasteiger partial charge in [-0.3, -0.25) is 4.79 Å². The van der Waals surface area contributed by atoms with E-state index in [-0.39, 0.29) is 28.4 Å². The summed E-state index contributed by atoms with van der Waals surface area (Å²) in [6.45, 7) is 0. The van der Waals surface area contributed by atoms with Crippen molar-refractivity contribution in [3.05, 3.63) is 58.9 Å². The zero-order valence-corrected chi connectivity index (χ0v) is 17.2. The van der Waals surface area contributed by atoms with Crippen LogP contribution >= 0.6 is 11.6 Å². The first-order valence-corrected chi connectivity index (χ1v) is 10.5. The number of ether oxygens (including phenoxy) is 1. The number of hydrogen-bond acceptors (Lipinski definition) is 5. The summed E-state index contributed by atoms with van der Waals surface area (Å²) in [4.78, 5) is 15.2. The molecule has 3 rings (SSSR count). The third-order valence-corrected chi connectivity index (χ3v) is 6.40. The number of methoxy groups -OCH3 is 1. The molecule has 0 saturated heterocycles. The summed E-state index contributed by atoms with van der Waals surface area (Å²) in [5.41, 5.74) is -0.0902. The fourth-order valence-electron chi connectivity index (χ4n) is 2.99. The Morgan fingerprint density at radius 3 is 2.43 bits per heavy atom. The molecule has 0 spiro atoms. The Labute approximate surface area is 175 Å². The molecule has 30 heavy (non-hydrogen) atoms. The van der Waals surface area contributed by atoms with Gasteiger partial charge in [0.1, 0.15) is 5.15 Å². The van der Waals surface area contributed by atoms with Crippen LogP contribution in [0.5, 0.6) is 0 Å². The standard InChI is InChI=1S/C19H16ClF3N2O4S/c1-29-18(26)4-2-3-13-11-15-16(9-10-17(20)24-15)25(13)30(27,28)14-7-5-12(6-8-14)19(21,22)23/h5-11H,2-4H2,1H3. The van der Waals surface area contributed by atoms with Gasteiger partial charge in [0.15, 0.2) is 0 Å². The van der Waals surface area contributed by atoms with Crippen molar-refractivity contribution < 1.29 is 31.1 Å². The SMILES string of the molecule is COC(=O)CCCc1cc2nc(Cl)ccc2n1S(=O)(=O)c1ccc(C(F)(F)F)cc1. The smallest absolute Gasteiger partial charge is 0.416 e. The monoisotopic (exact) mass is 460 g/mol. The summed E-state index contributed by atoms with van der Waals surface area (Å²) in [6.07, 6.45) is -4.00. The number of aromatic nitrogens is 2. The molecule has 3 aromatic rings. The van der Waals surface area contributed by atoms with E-state index < -0.39 is 27.7 Å². The number of rotatable bonds is 6. The maximum atomic E-state index is 13.3. The molecule has 0 N–H and O–H groups in total. The number of carbonyl (C=O) groups excluding carboxylic acids is 1. The van der Waals surface area contributed by atoms with E-state index in [1.807, 2.05) is 0 Å². The van der Waals surface area contributed by atoms with E-state index in [1.54, 1.807) is 0 Å². The van der Waals surface area contributed by atoms with Gasteiger partial charge in [0.05, 0.1) is 28.6 Å². The highest BCUT2D eigenvalue weighted by Crippen LogP contribution is 2.31. The van der Waals surface area contributed by atoms with Gasteiger partial charge in [0.25, 0.3) is 10.0 Å². The van der Waals surface area contributed by atoms with Crippen molar-refractivity contribution >= 4 is 38.6 Å². The lowest BCUT2D eigenvalue weighted by Crippen LogP contribution is -2.16. The van der Waals surface area contributed by atoms with Gasteiger partial charge < -0.3 is 4.74 Å². The van der Waals surface area contributed by atoms with Crippen molar-refractivity contribution in [1.29, 1.82) is 0 Å². The Bertz CT molecular complexity index is 1190. The lowest BCUT2D eigenvalue weighted by molar-refractivity contribution is -0.140. The molecule has 0 amide bonds. The number of aryl methyl sites for hydroxylation is 1. The maximum absolute atomic E-state index is 13.3. The zero-order chi connectivity index (χ0) is 22.1. The fraction of sp³-hybridized carbons (Fsp3) is 0.263. The number of carbonyl (C=O) groups is 1. The molecule has 0 fully saturated rings. The molecule has 11 heteroatoms. The van der Waals surface area contributed by atoms with E-state index in [0.29, 0.717) is 29.8 Å². The highest BCUT2D eigenvalue weighted by molar-refractivity contribution is 7.90. The van der Waals surface area contributed by atoms with Crippen LogP contribution in [-0.4, -0.2) is 30.5 Å². The molecule has 0 aliphatic carbocycles. The van der Waals surface area contributed by atoms with Crippen molar-refractivity contribution in [3.63, 3.8) is 0 Å². The van der Waals surface area contributed by atoms with E-state index in [4.69, 9.17) is 11.6 Å². The number of hydrogen-bond donors (Lipinski definition) is 0. The largest absolute Gasteiger partial charge is 0.469 e. The van der Waals surface area contributed by atoms with Gasteiger partial charge in [-0.2, -0.15) is 13.2 Å². The molecule has 0 aliphatic heterocycles. The van der Waals surface area contributed by atoms with Crippen LogP contribution in [0.4, 0.5) is 13.2 Å². The number of pyridine rings is 1. The number of benzene rings is 1. The minimum Gasteiger partial charge on any atom is -0.469 e. The van der Waals surface area contributed by atoms with Crippen LogP contribution < -0.4 is 0 Å². The van der Waals surface area contributed by atoms with Crippen molar-refractivity contribution in [2.45, 2.75) is 30.3 Å². The van der Waals surface area contributed by atoms with Gasteiger partial charge in [-0.1, -0.05) is 11.6 Å². The lowest BCUT2D eigenvalue weighted by atomic mass is 10.2. The second-order valence-corrected chi connectivity index (χ2v) is 8.57. The molecule has 0 unspecified atom stereocenters. The number of nitrogens with zero attached hydrogens (tertiary/aromatic N) is 2. The fourth-order valence-corrected chi connectivity index (χ4v) is 4.70. The predicted molar refractivity (Wildman–Crippen MR) is 104 cm³/mol. The Morgan fingerprint density at radius 1 is 1.17 bits per heavy atom. The topological polar surface area (TPSA) is 78.3 Å². The summed E-state index contributed by atoms with van der Waals surface area (Å²) >= 11 is 5.90. The summed E-state index contributed by atoms with van der Waals surface area (Å²) in [5, 5.41) is 0.160. The van der Waals surface area contributed by atoms with Gasteiger partial charge >= 0.3 is 12.1 Å². The van der Waals surface area contributed by atoms with Gasteiger partial charge in [-0.25, -0.2) is 17.4 Å². The highest BCUT2D eigenvalue weighted by atomic mass is 35.5. The quantitative estimate of drug-likeness (QED) is 0.401. The van der Waals surface area contributed by atoms with E-state index in [9.17, 15) is 26.4 Å². The molecule has 0 atom stereocenters. The van der Waals surface area contributed by atoms with Crippen LogP contribution in [0.15, 0.2) is 47.4 Å². The van der Waals surface area contributed by atoms with E-state index in [2.05, 4.69) is 9.72 Å². The lowest BCUT2D eigenvalue weighted by Gasteiger charge is -2.13. The third kappa shape index (κ3) is 4.44. The summed E-state index contributed by atoms with van der Waals surface area (Å²) in [7, 11) is -2.98. The molecule has 0 radical (unpaired) electrons. The molecule has 1 aromatic carbocycles. The average molecular weight is 461 g/mol. The van der Waals surface area contributed by atoms with Crippen LogP contribution in [0.25, 0.3) is 11.0 Å². The van der Waals surface area contributed by atoms with Gasteiger partial charge in [0, 0.05) is 12.1 Å². The van der Waals surface area contributed by atoms with Crippen molar-refractivity contribution in [1.82, 2.24) is 8.96 Å². The van der Waals surface area contributed by atoms with Crippen molar-refractivity contribution in [3.8, 4) is 0 Å². The van der Waals surface area contributed by atoms with Crippen molar-refractivity contribution in [2.75, 3.05) is 7.11 Å². The van der Waals surface area contributed by atoms with Gasteiger partial charge in [-0.15, -0.1) is 0 Å². The number of alkyl halides is 3. The molecular weight excluding hydrogens is 445 g/mol. The molecule has 6 nitrogen and oxygen atoms in total. The molecule has 0 saturated carbocycles. The van der Waals surface area contributed by atoms with Crippen LogP contribution in [0.1, 0.15) is 24.1 Å². The summed E-state index contributed by atoms with van der Waals surface area (Å²) < 4.78 is 70.6. The average Bonchev–Trinajstić information content (AvgIpc) is 3.05. The normalized spacial score (nSPS) is 12.3. The highest BCUT2D eigenvalue weighted by Gasteiger charge is 2.31. The molecule has 0 aliphatic rings. The first-order chi connectivity index (χ1) is 14.0. The Hall–Kier alpha value is -2.59. The molecule has 2 heterocycles. The first kappa shape index (κ1) is 22.1. The van der Waals surface area contributed by atoms with Gasteiger partial charge in [-0.05, 0) is 55.3 Å². The van der Waals surface area contributed by atoms with E-state index in [1.165, 1.54) is 25.3 Å². The van der Waals surface area contributed by atoms with Crippen LogP contribution in [0, 0.1) is 0 Å². The Morgan fingerprint density at radius 2 is 1.83 bits per heavy atom. The van der Waals surface area contributed by atoms with E-state index in [0.717, 1.165) is 16.1 Å². The first-order valence-electron chi connectivity index (χ1n) is 8.70. The number of fused-ring (bicyclic) bond motifs is 1. The van der Waals surface area contributed by atoms with Crippen LogP contribution in [-0.2, 0) is 32.2 Å². The second kappa shape index (κ2) is 8.27.